The third-order valence-corrected chi connectivity index (χ3v) is 4.28. The summed E-state index contributed by atoms with van der Waals surface area (Å²) >= 11 is 0. The largest absolute Gasteiger partial charge is 0.433 e. The Labute approximate surface area is 119 Å². The van der Waals surface area contributed by atoms with Crippen molar-refractivity contribution in [1.29, 1.82) is 0 Å². The number of nitrogens with one attached hydrogen (secondary N) is 1. The number of fused-ring (bicyclic) bond motifs is 1. The van der Waals surface area contributed by atoms with E-state index in [4.69, 9.17) is 5.84 Å². The molecule has 1 saturated carbocycles. The van der Waals surface area contributed by atoms with Gasteiger partial charge < -0.3 is 10.0 Å². The van der Waals surface area contributed by atoms with Crippen molar-refractivity contribution in [3.05, 3.63) is 11.8 Å². The predicted molar refractivity (Wildman–Crippen MR) is 69.3 cm³/mol. The summed E-state index contributed by atoms with van der Waals surface area (Å²) in [5.74, 6) is 5.47. The minimum absolute atomic E-state index is 0.101. The summed E-state index contributed by atoms with van der Waals surface area (Å²) in [5.41, 5.74) is 1.03. The Morgan fingerprint density at radius 1 is 1.29 bits per heavy atom. The van der Waals surface area contributed by atoms with E-state index >= 15 is 0 Å². The third kappa shape index (κ3) is 2.62. The van der Waals surface area contributed by atoms with Gasteiger partial charge in [0, 0.05) is 25.1 Å². The molecule has 21 heavy (non-hydrogen) atoms. The van der Waals surface area contributed by atoms with Crippen LogP contribution in [0.25, 0.3) is 0 Å². The van der Waals surface area contributed by atoms with Gasteiger partial charge in [0.1, 0.15) is 5.82 Å². The number of aliphatic hydroxyl groups excluding tert-OH is 1. The summed E-state index contributed by atoms with van der Waals surface area (Å²) < 4.78 is 38.5. The molecule has 0 spiro atoms. The van der Waals surface area contributed by atoms with Gasteiger partial charge in [-0.3, -0.25) is 5.43 Å². The van der Waals surface area contributed by atoms with Gasteiger partial charge in [-0.25, -0.2) is 10.8 Å². The van der Waals surface area contributed by atoms with Gasteiger partial charge in [-0.05, 0) is 18.8 Å². The first-order valence-electron chi connectivity index (χ1n) is 6.74. The van der Waals surface area contributed by atoms with E-state index in [1.54, 1.807) is 4.90 Å². The standard InChI is InChI=1S/C12H16F3N5O/c13-12(14,15)9-3-10(18-11(17-9)19-16)20-4-6-1-2-8(21)7(6)5-20/h3,6-8,21H,1-2,4-5,16H2,(H,17,18,19). The fourth-order valence-corrected chi connectivity index (χ4v) is 3.23. The maximum Gasteiger partial charge on any atom is 0.433 e. The van der Waals surface area contributed by atoms with Gasteiger partial charge in [-0.1, -0.05) is 0 Å². The number of alkyl halides is 3. The van der Waals surface area contributed by atoms with Crippen LogP contribution in [0, 0.1) is 11.8 Å². The van der Waals surface area contributed by atoms with Crippen molar-refractivity contribution in [1.82, 2.24) is 9.97 Å². The number of nitrogens with zero attached hydrogens (tertiary/aromatic N) is 3. The zero-order chi connectivity index (χ0) is 15.2. The first kappa shape index (κ1) is 14.3. The molecule has 1 aromatic heterocycles. The van der Waals surface area contributed by atoms with E-state index in [2.05, 4.69) is 15.4 Å². The summed E-state index contributed by atoms with van der Waals surface area (Å²) in [7, 11) is 0. The summed E-state index contributed by atoms with van der Waals surface area (Å²) in [6.45, 7) is 1.10. The molecule has 4 N–H and O–H groups in total. The third-order valence-electron chi connectivity index (χ3n) is 4.28. The van der Waals surface area contributed by atoms with Crippen molar-refractivity contribution in [3.63, 3.8) is 0 Å². The molecule has 2 fully saturated rings. The molecular weight excluding hydrogens is 287 g/mol. The average Bonchev–Trinajstić information content (AvgIpc) is 3.00. The lowest BCUT2D eigenvalue weighted by molar-refractivity contribution is -0.141. The van der Waals surface area contributed by atoms with Crippen LogP contribution in [-0.4, -0.2) is 34.3 Å². The molecule has 0 radical (unpaired) electrons. The van der Waals surface area contributed by atoms with Crippen LogP contribution in [0.15, 0.2) is 6.07 Å². The van der Waals surface area contributed by atoms with Crippen molar-refractivity contribution >= 4 is 11.8 Å². The van der Waals surface area contributed by atoms with E-state index in [0.717, 1.165) is 18.9 Å². The number of nitrogens with two attached hydrogens (primary N) is 1. The molecule has 3 unspecified atom stereocenters. The van der Waals surface area contributed by atoms with E-state index in [1.807, 2.05) is 0 Å². The quantitative estimate of drug-likeness (QED) is 0.558. The molecule has 0 aromatic carbocycles. The second-order valence-corrected chi connectivity index (χ2v) is 5.55. The van der Waals surface area contributed by atoms with E-state index in [0.29, 0.717) is 19.0 Å². The fourth-order valence-electron chi connectivity index (χ4n) is 3.23. The molecule has 1 aliphatic carbocycles. The highest BCUT2D eigenvalue weighted by molar-refractivity contribution is 5.46. The first-order valence-corrected chi connectivity index (χ1v) is 6.74. The second kappa shape index (κ2) is 4.99. The van der Waals surface area contributed by atoms with Crippen LogP contribution < -0.4 is 16.2 Å². The number of hydrazine groups is 1. The maximum absolute atomic E-state index is 12.8. The lowest BCUT2D eigenvalue weighted by atomic mass is 10.00. The number of nitrogen functional groups attached to an aromatic ring is 1. The van der Waals surface area contributed by atoms with Crippen molar-refractivity contribution in [2.24, 2.45) is 17.7 Å². The van der Waals surface area contributed by atoms with Crippen molar-refractivity contribution < 1.29 is 18.3 Å². The van der Waals surface area contributed by atoms with Gasteiger partial charge in [0.2, 0.25) is 5.95 Å². The van der Waals surface area contributed by atoms with E-state index in [-0.39, 0.29) is 23.8 Å². The highest BCUT2D eigenvalue weighted by Gasteiger charge is 2.43. The van der Waals surface area contributed by atoms with Crippen molar-refractivity contribution in [3.8, 4) is 0 Å². The van der Waals surface area contributed by atoms with E-state index in [1.165, 1.54) is 0 Å². The summed E-state index contributed by atoms with van der Waals surface area (Å²) in [5, 5.41) is 9.88. The number of hydrogen-bond donors (Lipinski definition) is 3. The Hall–Kier alpha value is -1.61. The molecule has 1 aromatic rings. The highest BCUT2D eigenvalue weighted by Crippen LogP contribution is 2.40. The normalized spacial score (nSPS) is 28.8. The topological polar surface area (TPSA) is 87.3 Å². The Balaban J connectivity index is 1.89. The number of halogens is 3. The average molecular weight is 303 g/mol. The minimum Gasteiger partial charge on any atom is -0.393 e. The van der Waals surface area contributed by atoms with Gasteiger partial charge in [-0.15, -0.1) is 0 Å². The zero-order valence-corrected chi connectivity index (χ0v) is 11.1. The predicted octanol–water partition coefficient (Wildman–Crippen LogP) is 0.988. The Kier molecular flexibility index (Phi) is 3.40. The van der Waals surface area contributed by atoms with Crippen LogP contribution in [0.3, 0.4) is 0 Å². The Morgan fingerprint density at radius 2 is 2.05 bits per heavy atom. The van der Waals surface area contributed by atoms with Crippen LogP contribution >= 0.6 is 0 Å². The summed E-state index contributed by atoms with van der Waals surface area (Å²) in [4.78, 5) is 9.09. The fraction of sp³-hybridized carbons (Fsp3) is 0.667. The zero-order valence-electron chi connectivity index (χ0n) is 11.1. The minimum atomic E-state index is -4.56. The van der Waals surface area contributed by atoms with Crippen molar-refractivity contribution in [2.75, 3.05) is 23.4 Å². The van der Waals surface area contributed by atoms with Crippen LogP contribution in [0.2, 0.25) is 0 Å². The number of aromatic nitrogens is 2. The number of rotatable bonds is 2. The summed E-state index contributed by atoms with van der Waals surface area (Å²) in [6.07, 6.45) is -3.29. The lowest BCUT2D eigenvalue weighted by Crippen LogP contribution is -2.26. The smallest absolute Gasteiger partial charge is 0.393 e. The van der Waals surface area contributed by atoms with Gasteiger partial charge in [-0.2, -0.15) is 18.2 Å². The van der Waals surface area contributed by atoms with Gasteiger partial charge >= 0.3 is 6.18 Å². The second-order valence-electron chi connectivity index (χ2n) is 5.55. The van der Waals surface area contributed by atoms with Crippen molar-refractivity contribution in [2.45, 2.75) is 25.1 Å². The molecule has 9 heteroatoms. The van der Waals surface area contributed by atoms with Crippen LogP contribution in [0.5, 0.6) is 0 Å². The molecule has 3 atom stereocenters. The molecule has 1 aliphatic heterocycles. The molecule has 2 aliphatic rings. The van der Waals surface area contributed by atoms with E-state index < -0.39 is 11.9 Å². The molecule has 0 amide bonds. The lowest BCUT2D eigenvalue weighted by Gasteiger charge is -2.21. The summed E-state index contributed by atoms with van der Waals surface area (Å²) in [6, 6.07) is 0.925. The molecule has 6 nitrogen and oxygen atoms in total. The Bertz CT molecular complexity index is 538. The van der Waals surface area contributed by atoms with Gasteiger partial charge in [0.05, 0.1) is 6.10 Å². The van der Waals surface area contributed by atoms with Gasteiger partial charge in [0.15, 0.2) is 5.69 Å². The van der Waals surface area contributed by atoms with E-state index in [9.17, 15) is 18.3 Å². The Morgan fingerprint density at radius 3 is 2.67 bits per heavy atom. The maximum atomic E-state index is 12.8. The van der Waals surface area contributed by atoms with Crippen LogP contribution in [0.1, 0.15) is 18.5 Å². The molecule has 3 rings (SSSR count). The number of aliphatic hydroxyl groups is 1. The number of hydrogen-bond acceptors (Lipinski definition) is 6. The SMILES string of the molecule is NNc1nc(N2CC3CCC(O)C3C2)cc(C(F)(F)F)n1. The molecular formula is C12H16F3N5O. The molecule has 0 bridgehead atoms. The number of anilines is 2. The monoisotopic (exact) mass is 303 g/mol. The first-order chi connectivity index (χ1) is 9.88. The molecule has 1 saturated heterocycles. The highest BCUT2D eigenvalue weighted by atomic mass is 19.4. The molecule has 2 heterocycles. The van der Waals surface area contributed by atoms with Crippen LogP contribution in [-0.2, 0) is 6.18 Å². The molecule has 116 valence electrons. The van der Waals surface area contributed by atoms with Gasteiger partial charge in [0.25, 0.3) is 0 Å². The van der Waals surface area contributed by atoms with Crippen LogP contribution in [0.4, 0.5) is 24.9 Å².